The lowest BCUT2D eigenvalue weighted by molar-refractivity contribution is -0.115. The highest BCUT2D eigenvalue weighted by molar-refractivity contribution is 5.91. The molecule has 0 radical (unpaired) electrons. The maximum Gasteiger partial charge on any atom is 0.410 e. The molecule has 2 aliphatic rings. The van der Waals surface area contributed by atoms with E-state index < -0.39 is 0 Å². The third kappa shape index (κ3) is 5.03. The van der Waals surface area contributed by atoms with Crippen LogP contribution in [0.2, 0.25) is 0 Å². The number of likely N-dealkylation sites (tertiary alicyclic amines) is 1. The van der Waals surface area contributed by atoms with Crippen LogP contribution in [0.3, 0.4) is 0 Å². The van der Waals surface area contributed by atoms with Gasteiger partial charge in [0, 0.05) is 42.2 Å². The lowest BCUT2D eigenvalue weighted by atomic mass is 9.90. The summed E-state index contributed by atoms with van der Waals surface area (Å²) in [5, 5.41) is 10.1. The van der Waals surface area contributed by atoms with E-state index in [9.17, 15) is 9.59 Å². The predicted molar refractivity (Wildman–Crippen MR) is 115 cm³/mol. The Morgan fingerprint density at radius 2 is 2.13 bits per heavy atom. The van der Waals surface area contributed by atoms with Gasteiger partial charge in [-0.1, -0.05) is 0 Å². The lowest BCUT2D eigenvalue weighted by Gasteiger charge is -2.47. The molecule has 2 atom stereocenters. The van der Waals surface area contributed by atoms with Gasteiger partial charge in [0.2, 0.25) is 5.91 Å². The van der Waals surface area contributed by atoms with Crippen LogP contribution in [0.4, 0.5) is 10.6 Å². The Labute approximate surface area is 182 Å². The summed E-state index contributed by atoms with van der Waals surface area (Å²) in [7, 11) is 0. The fourth-order valence-corrected chi connectivity index (χ4v) is 4.26. The first-order chi connectivity index (χ1) is 14.8. The topological polar surface area (TPSA) is 113 Å². The Bertz CT molecular complexity index is 939. The van der Waals surface area contributed by atoms with E-state index in [1.807, 2.05) is 13.0 Å². The highest BCUT2D eigenvalue weighted by atomic mass is 16.6. The van der Waals surface area contributed by atoms with Gasteiger partial charge in [-0.25, -0.2) is 4.79 Å². The fourth-order valence-electron chi connectivity index (χ4n) is 4.26. The summed E-state index contributed by atoms with van der Waals surface area (Å²) in [5.74, 6) is 1.00. The SMILES string of the molecule is Cc1cnc(CC(=O)Nc2cc([C@H]3CCC(COC(=O)N4CCC4(C)C)C3)[nH]n2)cn1. The molecule has 2 aromatic heterocycles. The van der Waals surface area contributed by atoms with Crippen LogP contribution in [-0.2, 0) is 16.0 Å². The minimum Gasteiger partial charge on any atom is -0.449 e. The van der Waals surface area contributed by atoms with Gasteiger partial charge in [0.1, 0.15) is 0 Å². The second-order valence-electron chi connectivity index (χ2n) is 9.25. The first kappa shape index (κ1) is 21.3. The number of amides is 2. The number of aromatic nitrogens is 4. The van der Waals surface area contributed by atoms with Crippen molar-refractivity contribution in [2.45, 2.75) is 64.3 Å². The average Bonchev–Trinajstić information content (AvgIpc) is 3.37. The van der Waals surface area contributed by atoms with Crippen molar-refractivity contribution in [2.24, 2.45) is 5.92 Å². The Hall–Kier alpha value is -2.97. The second kappa shape index (κ2) is 8.64. The number of carbonyl (C=O) groups excluding carboxylic acids is 2. The summed E-state index contributed by atoms with van der Waals surface area (Å²) in [4.78, 5) is 34.6. The van der Waals surface area contributed by atoms with Gasteiger partial charge in [-0.15, -0.1) is 0 Å². The Kier molecular flexibility index (Phi) is 5.93. The molecule has 4 rings (SSSR count). The number of hydrogen-bond donors (Lipinski definition) is 2. The lowest BCUT2D eigenvalue weighted by Crippen LogP contribution is -2.58. The number of ether oxygens (including phenoxy) is 1. The monoisotopic (exact) mass is 426 g/mol. The van der Waals surface area contributed by atoms with E-state index in [-0.39, 0.29) is 24.0 Å². The van der Waals surface area contributed by atoms with Crippen LogP contribution in [0, 0.1) is 12.8 Å². The molecule has 2 aromatic rings. The molecular weight excluding hydrogens is 396 g/mol. The van der Waals surface area contributed by atoms with Crippen molar-refractivity contribution in [2.75, 3.05) is 18.5 Å². The van der Waals surface area contributed by atoms with Gasteiger partial charge in [0.05, 0.1) is 24.4 Å². The third-order valence-electron chi connectivity index (χ3n) is 6.36. The van der Waals surface area contributed by atoms with Crippen LogP contribution in [0.1, 0.15) is 62.5 Å². The number of rotatable bonds is 6. The largest absolute Gasteiger partial charge is 0.449 e. The molecule has 9 nitrogen and oxygen atoms in total. The standard InChI is InChI=1S/C22H30N6O3/c1-14-11-24-17(12-23-14)9-20(29)25-19-10-18(26-27-19)16-5-4-15(8-16)13-31-21(30)28-7-6-22(28,2)3/h10-12,15-16H,4-9,13H2,1-3H3,(H2,25,26,27,29)/t15?,16-/m0/s1. The molecule has 1 saturated carbocycles. The van der Waals surface area contributed by atoms with Gasteiger partial charge in [0.25, 0.3) is 0 Å². The van der Waals surface area contributed by atoms with Gasteiger partial charge in [-0.05, 0) is 52.4 Å². The predicted octanol–water partition coefficient (Wildman–Crippen LogP) is 3.19. The summed E-state index contributed by atoms with van der Waals surface area (Å²) in [5.41, 5.74) is 2.35. The third-order valence-corrected chi connectivity index (χ3v) is 6.36. The van der Waals surface area contributed by atoms with E-state index in [0.29, 0.717) is 30.0 Å². The molecule has 1 aliphatic heterocycles. The number of nitrogens with zero attached hydrogens (tertiary/aromatic N) is 4. The van der Waals surface area contributed by atoms with Crippen molar-refractivity contribution < 1.29 is 14.3 Å². The number of aryl methyl sites for hydroxylation is 1. The van der Waals surface area contributed by atoms with Crippen molar-refractivity contribution in [1.29, 1.82) is 0 Å². The minimum absolute atomic E-state index is 0.0852. The molecule has 0 aromatic carbocycles. The molecular formula is C22H30N6O3. The molecule has 3 heterocycles. The van der Waals surface area contributed by atoms with E-state index in [1.165, 1.54) is 0 Å². The first-order valence-corrected chi connectivity index (χ1v) is 10.9. The van der Waals surface area contributed by atoms with Crippen molar-refractivity contribution >= 4 is 17.8 Å². The zero-order chi connectivity index (χ0) is 22.0. The molecule has 1 aliphatic carbocycles. The summed E-state index contributed by atoms with van der Waals surface area (Å²) in [6.45, 7) is 7.21. The van der Waals surface area contributed by atoms with Crippen LogP contribution >= 0.6 is 0 Å². The molecule has 1 saturated heterocycles. The van der Waals surface area contributed by atoms with E-state index >= 15 is 0 Å². The van der Waals surface area contributed by atoms with E-state index in [2.05, 4.69) is 39.3 Å². The van der Waals surface area contributed by atoms with Crippen LogP contribution in [-0.4, -0.2) is 55.8 Å². The smallest absolute Gasteiger partial charge is 0.410 e. The van der Waals surface area contributed by atoms with Crippen molar-refractivity contribution in [3.8, 4) is 0 Å². The average molecular weight is 427 g/mol. The highest BCUT2D eigenvalue weighted by Gasteiger charge is 2.40. The molecule has 31 heavy (non-hydrogen) atoms. The maximum absolute atomic E-state index is 12.2. The van der Waals surface area contributed by atoms with Gasteiger partial charge in [-0.3, -0.25) is 19.9 Å². The molecule has 0 spiro atoms. The number of hydrogen-bond acceptors (Lipinski definition) is 6. The molecule has 2 N–H and O–H groups in total. The number of nitrogens with one attached hydrogen (secondary N) is 2. The number of aromatic amines is 1. The molecule has 2 fully saturated rings. The number of anilines is 1. The Balaban J connectivity index is 1.23. The second-order valence-corrected chi connectivity index (χ2v) is 9.25. The van der Waals surface area contributed by atoms with Crippen molar-refractivity contribution in [1.82, 2.24) is 25.1 Å². The highest BCUT2D eigenvalue weighted by Crippen LogP contribution is 2.38. The summed E-state index contributed by atoms with van der Waals surface area (Å²) >= 11 is 0. The number of H-pyrrole nitrogens is 1. The normalized spacial score (nSPS) is 22.1. The molecule has 166 valence electrons. The van der Waals surface area contributed by atoms with E-state index in [0.717, 1.165) is 43.6 Å². The Morgan fingerprint density at radius 3 is 2.81 bits per heavy atom. The van der Waals surface area contributed by atoms with E-state index in [1.54, 1.807) is 17.3 Å². The Morgan fingerprint density at radius 1 is 1.29 bits per heavy atom. The summed E-state index contributed by atoms with van der Waals surface area (Å²) in [6.07, 6.45) is 7.17. The quantitative estimate of drug-likeness (QED) is 0.733. The van der Waals surface area contributed by atoms with Crippen LogP contribution in [0.5, 0.6) is 0 Å². The van der Waals surface area contributed by atoms with Crippen LogP contribution in [0.15, 0.2) is 18.5 Å². The van der Waals surface area contributed by atoms with Crippen molar-refractivity contribution in [3.05, 3.63) is 35.5 Å². The van der Waals surface area contributed by atoms with Crippen LogP contribution in [0.25, 0.3) is 0 Å². The fraction of sp³-hybridized carbons (Fsp3) is 0.591. The number of carbonyl (C=O) groups is 2. The van der Waals surface area contributed by atoms with Gasteiger partial charge < -0.3 is 15.0 Å². The molecule has 1 unspecified atom stereocenters. The molecule has 9 heteroatoms. The van der Waals surface area contributed by atoms with Gasteiger partial charge >= 0.3 is 6.09 Å². The first-order valence-electron chi connectivity index (χ1n) is 10.9. The maximum atomic E-state index is 12.2. The molecule has 0 bridgehead atoms. The van der Waals surface area contributed by atoms with Crippen LogP contribution < -0.4 is 5.32 Å². The van der Waals surface area contributed by atoms with Gasteiger partial charge in [-0.2, -0.15) is 5.10 Å². The van der Waals surface area contributed by atoms with Gasteiger partial charge in [0.15, 0.2) is 5.82 Å². The van der Waals surface area contributed by atoms with E-state index in [4.69, 9.17) is 4.74 Å². The summed E-state index contributed by atoms with van der Waals surface area (Å²) in [6, 6.07) is 1.89. The zero-order valence-electron chi connectivity index (χ0n) is 18.4. The zero-order valence-corrected chi connectivity index (χ0v) is 18.4. The molecule has 2 amide bonds. The summed E-state index contributed by atoms with van der Waals surface area (Å²) < 4.78 is 5.56. The minimum atomic E-state index is -0.204. The van der Waals surface area contributed by atoms with Crippen molar-refractivity contribution in [3.63, 3.8) is 0 Å².